The van der Waals surface area contributed by atoms with Crippen LogP contribution in [-0.4, -0.2) is 52.9 Å². The van der Waals surface area contributed by atoms with E-state index in [0.717, 1.165) is 6.07 Å². The molecule has 1 saturated carbocycles. The van der Waals surface area contributed by atoms with E-state index in [2.05, 4.69) is 15.3 Å². The molecule has 7 nitrogen and oxygen atoms in total. The van der Waals surface area contributed by atoms with Crippen LogP contribution < -0.4 is 10.2 Å². The lowest BCUT2D eigenvalue weighted by molar-refractivity contribution is -0.142. The predicted molar refractivity (Wildman–Crippen MR) is 92.1 cm³/mol. The number of aromatic nitrogens is 2. The number of rotatable bonds is 4. The summed E-state index contributed by atoms with van der Waals surface area (Å²) in [4.78, 5) is 34.3. The standard InChI is InChI=1S/C17H22F3N5O2/c1-24(2)13-9-12(17(18,19)20)22-16(23-13)21-10-3-5-11(6-4-10)25-14(26)7-8-15(25)27/h9-11H,3-8H2,1-2H3,(H,21,22,23). The van der Waals surface area contributed by atoms with E-state index in [9.17, 15) is 22.8 Å². The van der Waals surface area contributed by atoms with Crippen molar-refractivity contribution in [1.82, 2.24) is 14.9 Å². The number of amides is 2. The Bertz CT molecular complexity index is 714. The Hall–Kier alpha value is -2.39. The highest BCUT2D eigenvalue weighted by Gasteiger charge is 2.37. The molecule has 10 heteroatoms. The highest BCUT2D eigenvalue weighted by atomic mass is 19.4. The van der Waals surface area contributed by atoms with E-state index < -0.39 is 11.9 Å². The molecule has 0 aromatic carbocycles. The molecule has 0 radical (unpaired) electrons. The summed E-state index contributed by atoms with van der Waals surface area (Å²) in [5.41, 5.74) is -0.995. The fraction of sp³-hybridized carbons (Fsp3) is 0.647. The molecule has 2 aliphatic rings. The van der Waals surface area contributed by atoms with Crippen LogP contribution in [-0.2, 0) is 15.8 Å². The Balaban J connectivity index is 1.67. The van der Waals surface area contributed by atoms with Gasteiger partial charge in [-0.15, -0.1) is 0 Å². The molecule has 1 aliphatic carbocycles. The second-order valence-electron chi connectivity index (χ2n) is 7.13. The summed E-state index contributed by atoms with van der Waals surface area (Å²) in [6, 6.07) is 0.685. The Morgan fingerprint density at radius 1 is 1.07 bits per heavy atom. The van der Waals surface area contributed by atoms with Crippen molar-refractivity contribution in [3.8, 4) is 0 Å². The van der Waals surface area contributed by atoms with Gasteiger partial charge in [0.1, 0.15) is 5.82 Å². The van der Waals surface area contributed by atoms with E-state index >= 15 is 0 Å². The van der Waals surface area contributed by atoms with Crippen molar-refractivity contribution in [3.63, 3.8) is 0 Å². The Labute approximate surface area is 154 Å². The van der Waals surface area contributed by atoms with Gasteiger partial charge in [-0.05, 0) is 25.7 Å². The van der Waals surface area contributed by atoms with E-state index in [0.29, 0.717) is 25.7 Å². The minimum atomic E-state index is -4.56. The van der Waals surface area contributed by atoms with Gasteiger partial charge in [-0.1, -0.05) is 0 Å². The second kappa shape index (κ2) is 7.32. The molecule has 2 amide bonds. The van der Waals surface area contributed by atoms with Gasteiger partial charge in [-0.25, -0.2) is 4.98 Å². The van der Waals surface area contributed by atoms with Crippen LogP contribution in [0.5, 0.6) is 0 Å². The van der Waals surface area contributed by atoms with Gasteiger partial charge in [0.25, 0.3) is 0 Å². The molecule has 1 N–H and O–H groups in total. The van der Waals surface area contributed by atoms with Crippen LogP contribution in [0.25, 0.3) is 0 Å². The van der Waals surface area contributed by atoms with Gasteiger partial charge in [0, 0.05) is 45.1 Å². The minimum absolute atomic E-state index is 0.0645. The molecule has 3 rings (SSSR count). The predicted octanol–water partition coefficient (Wildman–Crippen LogP) is 2.43. The van der Waals surface area contributed by atoms with Gasteiger partial charge in [0.05, 0.1) is 0 Å². The first-order valence-electron chi connectivity index (χ1n) is 8.90. The number of halogens is 3. The maximum Gasteiger partial charge on any atom is 0.433 e. The zero-order valence-electron chi connectivity index (χ0n) is 15.2. The largest absolute Gasteiger partial charge is 0.433 e. The number of hydrogen-bond acceptors (Lipinski definition) is 6. The highest BCUT2D eigenvalue weighted by Crippen LogP contribution is 2.32. The molecule has 2 heterocycles. The van der Waals surface area contributed by atoms with Crippen molar-refractivity contribution < 1.29 is 22.8 Å². The lowest BCUT2D eigenvalue weighted by Gasteiger charge is -2.33. The molecule has 0 unspecified atom stereocenters. The maximum atomic E-state index is 13.1. The molecule has 27 heavy (non-hydrogen) atoms. The van der Waals surface area contributed by atoms with E-state index in [1.54, 1.807) is 14.1 Å². The van der Waals surface area contributed by atoms with E-state index in [4.69, 9.17) is 0 Å². The summed E-state index contributed by atoms with van der Waals surface area (Å²) in [5.74, 6) is -0.159. The first-order chi connectivity index (χ1) is 12.6. The second-order valence-corrected chi connectivity index (χ2v) is 7.13. The number of imide groups is 1. The number of carbonyl (C=O) groups is 2. The molecule has 148 valence electrons. The monoisotopic (exact) mass is 385 g/mol. The summed E-state index contributed by atoms with van der Waals surface area (Å²) in [6.45, 7) is 0. The first-order valence-corrected chi connectivity index (χ1v) is 8.90. The topological polar surface area (TPSA) is 78.4 Å². The van der Waals surface area contributed by atoms with Gasteiger partial charge in [-0.3, -0.25) is 14.5 Å². The highest BCUT2D eigenvalue weighted by molar-refractivity contribution is 6.02. The van der Waals surface area contributed by atoms with Crippen LogP contribution in [0.15, 0.2) is 6.07 Å². The third-order valence-electron chi connectivity index (χ3n) is 4.95. The average molecular weight is 385 g/mol. The smallest absolute Gasteiger partial charge is 0.363 e. The minimum Gasteiger partial charge on any atom is -0.363 e. The number of likely N-dealkylation sites (tertiary alicyclic amines) is 1. The van der Waals surface area contributed by atoms with E-state index in [1.165, 1.54) is 9.80 Å². The number of carbonyl (C=O) groups excluding carboxylic acids is 2. The molecule has 1 saturated heterocycles. The van der Waals surface area contributed by atoms with Crippen molar-refractivity contribution >= 4 is 23.6 Å². The van der Waals surface area contributed by atoms with Crippen LogP contribution in [0.1, 0.15) is 44.2 Å². The molecule has 0 bridgehead atoms. The van der Waals surface area contributed by atoms with Crippen LogP contribution in [0.2, 0.25) is 0 Å². The average Bonchev–Trinajstić information content (AvgIpc) is 2.93. The van der Waals surface area contributed by atoms with Crippen molar-refractivity contribution in [2.24, 2.45) is 0 Å². The van der Waals surface area contributed by atoms with Crippen molar-refractivity contribution in [2.75, 3.05) is 24.3 Å². The third kappa shape index (κ3) is 4.30. The molecule has 1 aromatic rings. The van der Waals surface area contributed by atoms with Gasteiger partial charge < -0.3 is 10.2 Å². The number of nitrogens with one attached hydrogen (secondary N) is 1. The quantitative estimate of drug-likeness (QED) is 0.802. The molecule has 0 atom stereocenters. The van der Waals surface area contributed by atoms with Crippen molar-refractivity contribution in [2.45, 2.75) is 56.8 Å². The van der Waals surface area contributed by atoms with Gasteiger partial charge in [0.2, 0.25) is 17.8 Å². The molecule has 2 fully saturated rings. The molecular weight excluding hydrogens is 363 g/mol. The van der Waals surface area contributed by atoms with Crippen LogP contribution >= 0.6 is 0 Å². The number of nitrogens with zero attached hydrogens (tertiary/aromatic N) is 4. The molecule has 1 aromatic heterocycles. The zero-order chi connectivity index (χ0) is 19.8. The van der Waals surface area contributed by atoms with Crippen molar-refractivity contribution in [3.05, 3.63) is 11.8 Å². The van der Waals surface area contributed by atoms with Gasteiger partial charge >= 0.3 is 6.18 Å². The first kappa shape index (κ1) is 19.4. The van der Waals surface area contributed by atoms with Crippen LogP contribution in [0.4, 0.5) is 24.9 Å². The van der Waals surface area contributed by atoms with Crippen molar-refractivity contribution in [1.29, 1.82) is 0 Å². The molecular formula is C17H22F3N5O2. The summed E-state index contributed by atoms with van der Waals surface area (Å²) in [7, 11) is 3.23. The van der Waals surface area contributed by atoms with E-state index in [-0.39, 0.29) is 48.5 Å². The number of alkyl halides is 3. The van der Waals surface area contributed by atoms with Crippen LogP contribution in [0.3, 0.4) is 0 Å². The fourth-order valence-electron chi connectivity index (χ4n) is 3.54. The summed E-state index contributed by atoms with van der Waals surface area (Å²) in [6.07, 6.45) is -1.54. The Kier molecular flexibility index (Phi) is 5.25. The fourth-order valence-corrected chi connectivity index (χ4v) is 3.54. The number of hydrogen-bond donors (Lipinski definition) is 1. The van der Waals surface area contributed by atoms with E-state index in [1.807, 2.05) is 0 Å². The lowest BCUT2D eigenvalue weighted by Crippen LogP contribution is -2.43. The number of anilines is 2. The molecule has 1 aliphatic heterocycles. The summed E-state index contributed by atoms with van der Waals surface area (Å²) < 4.78 is 39.2. The maximum absolute atomic E-state index is 13.1. The molecule has 0 spiro atoms. The summed E-state index contributed by atoms with van der Waals surface area (Å²) >= 11 is 0. The third-order valence-corrected chi connectivity index (χ3v) is 4.95. The normalized spacial score (nSPS) is 23.7. The Morgan fingerprint density at radius 3 is 2.19 bits per heavy atom. The summed E-state index contributed by atoms with van der Waals surface area (Å²) in [5, 5.41) is 2.98. The van der Waals surface area contributed by atoms with Gasteiger partial charge in [0.15, 0.2) is 5.69 Å². The SMILES string of the molecule is CN(C)c1cc(C(F)(F)F)nc(NC2CCC(N3C(=O)CCC3=O)CC2)n1. The van der Waals surface area contributed by atoms with Gasteiger partial charge in [-0.2, -0.15) is 18.2 Å². The lowest BCUT2D eigenvalue weighted by atomic mass is 9.90. The van der Waals surface area contributed by atoms with Crippen LogP contribution in [0, 0.1) is 0 Å². The Morgan fingerprint density at radius 2 is 1.67 bits per heavy atom. The zero-order valence-corrected chi connectivity index (χ0v) is 15.2.